The van der Waals surface area contributed by atoms with Crippen molar-refractivity contribution in [3.8, 4) is 23.0 Å². The van der Waals surface area contributed by atoms with E-state index in [0.717, 1.165) is 56.4 Å². The zero-order valence-electron chi connectivity index (χ0n) is 34.4. The Kier molecular flexibility index (Phi) is 8.12. The molecular weight excluding hydrogens is 825 g/mol. The van der Waals surface area contributed by atoms with Gasteiger partial charge in [-0.2, -0.15) is 0 Å². The van der Waals surface area contributed by atoms with Crippen LogP contribution in [0.1, 0.15) is 85.6 Å². The molecule has 6 aromatic rings. The Morgan fingerprint density at radius 3 is 1.35 bits per heavy atom. The molecule has 0 aliphatic carbocycles. The number of aromatic amines is 2. The SMILES string of the molecule is C[C@]12C3=CCC(N3)[C@@]3(C)C4=CCC(N4)[C@](C)(c4cccc(c4)OS(=O)(=O)Oc4cccc3c4)c3ccc([nH]3)[C@](C)(c3cccc(c3)OS(=O)(=O)Oc3cccc1c3)c1ccc2[nH]1. The zero-order valence-corrected chi connectivity index (χ0v) is 36.0. The van der Waals surface area contributed by atoms with Gasteiger partial charge in [0.05, 0.1) is 21.7 Å². The lowest BCUT2D eigenvalue weighted by Gasteiger charge is -2.43. The molecule has 0 radical (unpaired) electrons. The molecule has 62 heavy (non-hydrogen) atoms. The van der Waals surface area contributed by atoms with Crippen LogP contribution in [-0.2, 0) is 42.5 Å². The number of allylic oxidation sites excluding steroid dienone is 1. The van der Waals surface area contributed by atoms with Crippen molar-refractivity contribution in [2.45, 2.75) is 74.3 Å². The summed E-state index contributed by atoms with van der Waals surface area (Å²) in [7, 11) is -9.12. The Morgan fingerprint density at radius 1 is 0.452 bits per heavy atom. The van der Waals surface area contributed by atoms with E-state index in [2.05, 4.69) is 84.7 Å². The number of aromatic nitrogens is 2. The number of H-pyrrole nitrogens is 2. The lowest BCUT2D eigenvalue weighted by atomic mass is 9.71. The number of benzene rings is 4. The van der Waals surface area contributed by atoms with Crippen LogP contribution in [0, 0.1) is 0 Å². The lowest BCUT2D eigenvalue weighted by Crippen LogP contribution is -2.52. The summed E-state index contributed by atoms with van der Waals surface area (Å²) < 4.78 is 77.1. The van der Waals surface area contributed by atoms with Crippen molar-refractivity contribution < 1.29 is 33.6 Å². The van der Waals surface area contributed by atoms with Gasteiger partial charge in [0.25, 0.3) is 0 Å². The first kappa shape index (κ1) is 38.5. The molecule has 6 atom stereocenters. The van der Waals surface area contributed by atoms with Crippen LogP contribution in [0.2, 0.25) is 0 Å². The van der Waals surface area contributed by atoms with Gasteiger partial charge in [-0.3, -0.25) is 0 Å². The summed E-state index contributed by atoms with van der Waals surface area (Å²) in [5, 5.41) is 8.03. The molecule has 0 saturated carbocycles. The Balaban J connectivity index is 1.23. The molecule has 0 saturated heterocycles. The largest absolute Gasteiger partial charge is 0.500 e. The van der Waals surface area contributed by atoms with Crippen LogP contribution < -0.4 is 27.4 Å². The second kappa shape index (κ2) is 13.1. The van der Waals surface area contributed by atoms with Crippen molar-refractivity contribution in [2.24, 2.45) is 0 Å². The van der Waals surface area contributed by atoms with Crippen LogP contribution in [-0.4, -0.2) is 38.9 Å². The summed E-state index contributed by atoms with van der Waals surface area (Å²) in [6.07, 6.45) is 5.72. The van der Waals surface area contributed by atoms with Gasteiger partial charge in [-0.25, -0.2) is 0 Å². The van der Waals surface area contributed by atoms with Crippen molar-refractivity contribution in [3.05, 3.63) is 190 Å². The first-order valence-corrected chi connectivity index (χ1v) is 23.3. The normalized spacial score (nSPS) is 29.6. The van der Waals surface area contributed by atoms with Crippen LogP contribution in [0.5, 0.6) is 23.0 Å². The molecule has 2 aromatic heterocycles. The molecule has 20 bridgehead atoms. The third-order valence-corrected chi connectivity index (χ3v) is 15.9. The third kappa shape index (κ3) is 5.68. The third-order valence-electron chi connectivity index (χ3n) is 14.3. The molecule has 2 unspecified atom stereocenters. The molecular formula is C48H44N4O8S2. The molecule has 12 nitrogen and oxygen atoms in total. The minimum absolute atomic E-state index is 0.0925. The van der Waals surface area contributed by atoms with E-state index >= 15 is 0 Å². The van der Waals surface area contributed by atoms with Gasteiger partial charge in [-0.05, 0) is 136 Å². The highest BCUT2D eigenvalue weighted by Crippen LogP contribution is 2.51. The molecule has 7 heterocycles. The number of fused-ring (bicyclic) bond motifs is 20. The van der Waals surface area contributed by atoms with E-state index < -0.39 is 42.5 Å². The summed E-state index contributed by atoms with van der Waals surface area (Å²) in [6.45, 7) is 8.54. The monoisotopic (exact) mass is 868 g/mol. The van der Waals surface area contributed by atoms with E-state index in [1.54, 1.807) is 72.8 Å². The molecule has 5 aliphatic rings. The number of nitrogens with one attached hydrogen (secondary N) is 4. The van der Waals surface area contributed by atoms with E-state index in [1.807, 2.05) is 24.3 Å². The van der Waals surface area contributed by atoms with Crippen LogP contribution in [0.4, 0.5) is 0 Å². The van der Waals surface area contributed by atoms with Crippen LogP contribution in [0.25, 0.3) is 0 Å². The van der Waals surface area contributed by atoms with Gasteiger partial charge in [-0.1, -0.05) is 60.7 Å². The quantitative estimate of drug-likeness (QED) is 0.119. The molecule has 14 heteroatoms. The van der Waals surface area contributed by atoms with Crippen LogP contribution in [0.3, 0.4) is 0 Å². The first-order valence-electron chi connectivity index (χ1n) is 20.6. The minimum atomic E-state index is -4.57. The van der Waals surface area contributed by atoms with E-state index in [1.165, 1.54) is 0 Å². The van der Waals surface area contributed by atoms with Gasteiger partial charge in [0.1, 0.15) is 23.0 Å². The summed E-state index contributed by atoms with van der Waals surface area (Å²) in [4.78, 5) is 7.77. The molecule has 11 rings (SSSR count). The highest BCUT2D eigenvalue weighted by Gasteiger charge is 2.51. The Morgan fingerprint density at radius 2 is 0.823 bits per heavy atom. The number of rotatable bonds is 0. The van der Waals surface area contributed by atoms with Gasteiger partial charge >= 0.3 is 20.8 Å². The second-order valence-corrected chi connectivity index (χ2v) is 19.9. The standard InChI is InChI=1S/C48H44N4O8S2/c1-45-29-9-5-13-33(25-29)57-61(53,54)58-34-14-6-10-30(26-34)46(2,38-18-17-37(45)49-38)43-23-24-44(52-43)48(4)32-12-8-16-36(28-32)60-62(55,56)59-35-15-7-11-31(27-35)47(3,39-19-20-40(48)50-39)42-22-21-41(45)51-42/h5-19,21,23-28,40,42,49-52H,20,22H2,1-4H3/t40?,42?,45-,46+,47+,48-/m0/s1. The summed E-state index contributed by atoms with van der Waals surface area (Å²) >= 11 is 0. The van der Waals surface area contributed by atoms with Gasteiger partial charge in [-0.15, -0.1) is 16.8 Å². The maximum absolute atomic E-state index is 13.6. The summed E-state index contributed by atoms with van der Waals surface area (Å²) in [5.41, 5.74) is 5.00. The van der Waals surface area contributed by atoms with E-state index in [9.17, 15) is 16.8 Å². The molecule has 316 valence electrons. The molecule has 0 spiro atoms. The average molecular weight is 869 g/mol. The fraction of sp³-hybridized carbons (Fsp3) is 0.250. The molecule has 5 aliphatic heterocycles. The van der Waals surface area contributed by atoms with Crippen molar-refractivity contribution >= 4 is 20.8 Å². The van der Waals surface area contributed by atoms with Gasteiger partial charge in [0.15, 0.2) is 0 Å². The van der Waals surface area contributed by atoms with Gasteiger partial charge in [0, 0.05) is 46.3 Å². The van der Waals surface area contributed by atoms with E-state index in [4.69, 9.17) is 16.7 Å². The highest BCUT2D eigenvalue weighted by atomic mass is 32.3. The molecule has 0 amide bonds. The molecule has 4 N–H and O–H groups in total. The summed E-state index contributed by atoms with van der Waals surface area (Å²) in [6, 6.07) is 36.3. The van der Waals surface area contributed by atoms with E-state index in [-0.39, 0.29) is 35.1 Å². The molecule has 0 fully saturated rings. The van der Waals surface area contributed by atoms with Crippen molar-refractivity contribution in [3.63, 3.8) is 0 Å². The fourth-order valence-corrected chi connectivity index (χ4v) is 11.9. The summed E-state index contributed by atoms with van der Waals surface area (Å²) in [5.74, 6) is 0.427. The predicted octanol–water partition coefficient (Wildman–Crippen LogP) is 7.80. The average Bonchev–Trinajstić information content (AvgIpc) is 4.09. The highest BCUT2D eigenvalue weighted by molar-refractivity contribution is 7.82. The topological polar surface area (TPSA) is 161 Å². The van der Waals surface area contributed by atoms with Crippen molar-refractivity contribution in [1.82, 2.24) is 20.6 Å². The first-order chi connectivity index (χ1) is 29.6. The van der Waals surface area contributed by atoms with E-state index in [0.29, 0.717) is 12.8 Å². The number of hydrogen-bond donors (Lipinski definition) is 4. The molecule has 4 aromatic carbocycles. The van der Waals surface area contributed by atoms with Crippen molar-refractivity contribution in [2.75, 3.05) is 0 Å². The van der Waals surface area contributed by atoms with Crippen LogP contribution in [0.15, 0.2) is 145 Å². The maximum atomic E-state index is 13.6. The second-order valence-electron chi connectivity index (χ2n) is 17.6. The zero-order chi connectivity index (χ0) is 42.9. The van der Waals surface area contributed by atoms with Gasteiger partial charge in [0.2, 0.25) is 0 Å². The Labute approximate surface area is 360 Å². The minimum Gasteiger partial charge on any atom is -0.383 e. The van der Waals surface area contributed by atoms with Crippen LogP contribution >= 0.6 is 0 Å². The predicted molar refractivity (Wildman–Crippen MR) is 233 cm³/mol. The number of hydrogen-bond acceptors (Lipinski definition) is 10. The van der Waals surface area contributed by atoms with Crippen molar-refractivity contribution in [1.29, 1.82) is 0 Å². The Hall–Kier alpha value is -6.38. The van der Waals surface area contributed by atoms with Gasteiger partial charge < -0.3 is 37.3 Å². The maximum Gasteiger partial charge on any atom is 0.500 e. The smallest absolute Gasteiger partial charge is 0.383 e. The lowest BCUT2D eigenvalue weighted by molar-refractivity contribution is 0.341. The fourth-order valence-electron chi connectivity index (χ4n) is 10.5. The Bertz CT molecular complexity index is 3140.